The van der Waals surface area contributed by atoms with E-state index in [-0.39, 0.29) is 0 Å². The monoisotopic (exact) mass is 252 g/mol. The molecule has 1 heteroatoms. The summed E-state index contributed by atoms with van der Waals surface area (Å²) in [6.45, 7) is 4.46. The van der Waals surface area contributed by atoms with Crippen LogP contribution in [0.15, 0.2) is 12.1 Å². The molecule has 0 heterocycles. The largest absolute Gasteiger partial charge is 0.0876 e. The van der Waals surface area contributed by atoms with Crippen molar-refractivity contribution < 1.29 is 0 Å². The van der Waals surface area contributed by atoms with E-state index in [0.717, 1.165) is 17.7 Å². The second-order valence-corrected chi connectivity index (χ2v) is 4.81. The second kappa shape index (κ2) is 4.06. The average molecular weight is 253 g/mol. The first-order valence-electron chi connectivity index (χ1n) is 5.44. The fourth-order valence-corrected chi connectivity index (χ4v) is 2.84. The van der Waals surface area contributed by atoms with Gasteiger partial charge in [0.25, 0.3) is 0 Å². The Bertz CT molecular complexity index is 337. The molecule has 1 aromatic carbocycles. The average Bonchev–Trinajstić information content (AvgIpc) is 2.99. The molecule has 0 nitrogen and oxygen atoms in total. The Labute approximate surface area is 94.8 Å². The molecule has 0 spiro atoms. The topological polar surface area (TPSA) is 0 Å². The molecule has 1 saturated carbocycles. The van der Waals surface area contributed by atoms with Crippen molar-refractivity contribution in [2.24, 2.45) is 0 Å². The lowest BCUT2D eigenvalue weighted by molar-refractivity contribution is 1.02. The number of hydrogen-bond donors (Lipinski definition) is 0. The van der Waals surface area contributed by atoms with Gasteiger partial charge in [0.2, 0.25) is 0 Å². The third-order valence-corrected chi connectivity index (χ3v) is 3.61. The van der Waals surface area contributed by atoms with Gasteiger partial charge in [-0.25, -0.2) is 0 Å². The standard InChI is InChI=1S/C13H17Br/c1-3-10-6-9(2)7-12(11-4-5-11)13(10)8-14/h6-7,11H,3-5,8H2,1-2H3. The van der Waals surface area contributed by atoms with Gasteiger partial charge in [-0.2, -0.15) is 0 Å². The summed E-state index contributed by atoms with van der Waals surface area (Å²) in [5, 5.41) is 1.02. The molecule has 0 aliphatic heterocycles. The van der Waals surface area contributed by atoms with Crippen LogP contribution in [-0.2, 0) is 11.8 Å². The molecule has 0 atom stereocenters. The molecule has 76 valence electrons. The fourth-order valence-electron chi connectivity index (χ4n) is 2.16. The highest BCUT2D eigenvalue weighted by atomic mass is 79.9. The van der Waals surface area contributed by atoms with E-state index < -0.39 is 0 Å². The Balaban J connectivity index is 2.49. The molecule has 0 N–H and O–H groups in total. The number of rotatable bonds is 3. The van der Waals surface area contributed by atoms with E-state index >= 15 is 0 Å². The van der Waals surface area contributed by atoms with Crippen molar-refractivity contribution in [3.05, 3.63) is 34.4 Å². The SMILES string of the molecule is CCc1cc(C)cc(C2CC2)c1CBr. The van der Waals surface area contributed by atoms with Crippen LogP contribution < -0.4 is 0 Å². The normalized spacial score (nSPS) is 15.9. The van der Waals surface area contributed by atoms with Gasteiger partial charge >= 0.3 is 0 Å². The second-order valence-electron chi connectivity index (χ2n) is 4.25. The highest BCUT2D eigenvalue weighted by Crippen LogP contribution is 2.43. The smallest absolute Gasteiger partial charge is 0.0288 e. The maximum Gasteiger partial charge on any atom is 0.0288 e. The number of hydrogen-bond acceptors (Lipinski definition) is 0. The van der Waals surface area contributed by atoms with E-state index in [4.69, 9.17) is 0 Å². The van der Waals surface area contributed by atoms with Crippen LogP contribution in [-0.4, -0.2) is 0 Å². The molecule has 0 amide bonds. The molecule has 1 aromatic rings. The lowest BCUT2D eigenvalue weighted by Gasteiger charge is -2.13. The lowest BCUT2D eigenvalue weighted by atomic mass is 9.95. The number of benzene rings is 1. The molecule has 0 aromatic heterocycles. The zero-order valence-corrected chi connectivity index (χ0v) is 10.5. The van der Waals surface area contributed by atoms with E-state index in [1.807, 2.05) is 0 Å². The predicted molar refractivity (Wildman–Crippen MR) is 65.2 cm³/mol. The molecule has 0 saturated heterocycles. The zero-order chi connectivity index (χ0) is 10.1. The maximum atomic E-state index is 3.62. The highest BCUT2D eigenvalue weighted by Gasteiger charge is 2.26. The van der Waals surface area contributed by atoms with Gasteiger partial charge in [-0.1, -0.05) is 40.5 Å². The van der Waals surface area contributed by atoms with Crippen LogP contribution in [0.3, 0.4) is 0 Å². The van der Waals surface area contributed by atoms with E-state index in [1.54, 1.807) is 11.1 Å². The van der Waals surface area contributed by atoms with Gasteiger partial charge in [0.05, 0.1) is 0 Å². The summed E-state index contributed by atoms with van der Waals surface area (Å²) in [4.78, 5) is 0. The van der Waals surface area contributed by atoms with E-state index in [9.17, 15) is 0 Å². The molecule has 0 unspecified atom stereocenters. The lowest BCUT2D eigenvalue weighted by Crippen LogP contribution is -1.97. The first-order valence-corrected chi connectivity index (χ1v) is 6.56. The highest BCUT2D eigenvalue weighted by molar-refractivity contribution is 9.08. The molecule has 2 rings (SSSR count). The van der Waals surface area contributed by atoms with E-state index in [2.05, 4.69) is 41.9 Å². The van der Waals surface area contributed by atoms with Gasteiger partial charge in [0.1, 0.15) is 0 Å². The summed E-state index contributed by atoms with van der Waals surface area (Å²) in [6.07, 6.45) is 3.95. The summed E-state index contributed by atoms with van der Waals surface area (Å²) in [6, 6.07) is 4.72. The number of aryl methyl sites for hydroxylation is 2. The first kappa shape index (κ1) is 10.2. The predicted octanol–water partition coefficient (Wildman–Crippen LogP) is 4.33. The quantitative estimate of drug-likeness (QED) is 0.703. The molecule has 0 bridgehead atoms. The molecule has 14 heavy (non-hydrogen) atoms. The van der Waals surface area contributed by atoms with Gasteiger partial charge in [-0.05, 0) is 48.8 Å². The summed E-state index contributed by atoms with van der Waals surface area (Å²) >= 11 is 3.62. The number of halogens is 1. The minimum atomic E-state index is 0.868. The summed E-state index contributed by atoms with van der Waals surface area (Å²) in [5.74, 6) is 0.868. The molecule has 1 aliphatic rings. The molecule has 1 fully saturated rings. The minimum Gasteiger partial charge on any atom is -0.0876 e. The molecular formula is C13H17Br. The van der Waals surface area contributed by atoms with Crippen molar-refractivity contribution in [3.8, 4) is 0 Å². The van der Waals surface area contributed by atoms with Crippen LogP contribution in [0.4, 0.5) is 0 Å². The first-order chi connectivity index (χ1) is 6.76. The minimum absolute atomic E-state index is 0.868. The van der Waals surface area contributed by atoms with Crippen LogP contribution in [0.1, 0.15) is 47.9 Å². The Morgan fingerprint density at radius 1 is 1.36 bits per heavy atom. The number of alkyl halides is 1. The zero-order valence-electron chi connectivity index (χ0n) is 8.94. The van der Waals surface area contributed by atoms with Gasteiger partial charge < -0.3 is 0 Å². The van der Waals surface area contributed by atoms with E-state index in [0.29, 0.717) is 0 Å². The summed E-state index contributed by atoms with van der Waals surface area (Å²) < 4.78 is 0. The van der Waals surface area contributed by atoms with Gasteiger partial charge in [0.15, 0.2) is 0 Å². The van der Waals surface area contributed by atoms with Crippen LogP contribution in [0.2, 0.25) is 0 Å². The Kier molecular flexibility index (Phi) is 2.96. The van der Waals surface area contributed by atoms with Crippen LogP contribution >= 0.6 is 15.9 Å². The summed E-state index contributed by atoms with van der Waals surface area (Å²) in [5.41, 5.74) is 6.12. The Hall–Kier alpha value is -0.300. The molecule has 1 aliphatic carbocycles. The van der Waals surface area contributed by atoms with Gasteiger partial charge in [-0.3, -0.25) is 0 Å². The van der Waals surface area contributed by atoms with Crippen molar-refractivity contribution in [3.63, 3.8) is 0 Å². The maximum absolute atomic E-state index is 3.62. The van der Waals surface area contributed by atoms with E-state index in [1.165, 1.54) is 24.0 Å². The van der Waals surface area contributed by atoms with Gasteiger partial charge in [0, 0.05) is 5.33 Å². The Morgan fingerprint density at radius 3 is 2.57 bits per heavy atom. The Morgan fingerprint density at radius 2 is 2.07 bits per heavy atom. The van der Waals surface area contributed by atoms with Crippen LogP contribution in [0, 0.1) is 6.92 Å². The third kappa shape index (κ3) is 1.88. The third-order valence-electron chi connectivity index (χ3n) is 3.05. The van der Waals surface area contributed by atoms with Crippen molar-refractivity contribution >= 4 is 15.9 Å². The van der Waals surface area contributed by atoms with Crippen molar-refractivity contribution in [2.75, 3.05) is 0 Å². The van der Waals surface area contributed by atoms with Crippen molar-refractivity contribution in [1.82, 2.24) is 0 Å². The summed E-state index contributed by atoms with van der Waals surface area (Å²) in [7, 11) is 0. The van der Waals surface area contributed by atoms with Crippen molar-refractivity contribution in [2.45, 2.75) is 44.4 Å². The van der Waals surface area contributed by atoms with Gasteiger partial charge in [-0.15, -0.1) is 0 Å². The molecule has 0 radical (unpaired) electrons. The van der Waals surface area contributed by atoms with Crippen LogP contribution in [0.5, 0.6) is 0 Å². The molecular weight excluding hydrogens is 236 g/mol. The fraction of sp³-hybridized carbons (Fsp3) is 0.538. The van der Waals surface area contributed by atoms with Crippen molar-refractivity contribution in [1.29, 1.82) is 0 Å². The van der Waals surface area contributed by atoms with Crippen LogP contribution in [0.25, 0.3) is 0 Å².